The molecule has 1 N–H and O–H groups in total. The molecule has 0 bridgehead atoms. The normalized spacial score (nSPS) is 15.9. The molecule has 0 saturated heterocycles. The van der Waals surface area contributed by atoms with Crippen LogP contribution >= 0.6 is 0 Å². The van der Waals surface area contributed by atoms with Crippen molar-refractivity contribution in [3.8, 4) is 0 Å². The summed E-state index contributed by atoms with van der Waals surface area (Å²) in [5.74, 6) is -3.14. The number of halogens is 2. The van der Waals surface area contributed by atoms with Crippen LogP contribution in [0.4, 0.5) is 14.5 Å². The van der Waals surface area contributed by atoms with Gasteiger partial charge in [-0.3, -0.25) is 9.78 Å². The van der Waals surface area contributed by atoms with Crippen LogP contribution in [0.1, 0.15) is 40.5 Å². The van der Waals surface area contributed by atoms with Gasteiger partial charge in [0.05, 0.1) is 23.1 Å². The fraction of sp³-hybridized carbons (Fsp3) is 0.250. The van der Waals surface area contributed by atoms with Crippen molar-refractivity contribution in [3.05, 3.63) is 69.3 Å². The van der Waals surface area contributed by atoms with Crippen LogP contribution in [0.25, 0.3) is 10.9 Å². The highest BCUT2D eigenvalue weighted by molar-refractivity contribution is 5.94. The van der Waals surface area contributed by atoms with Crippen LogP contribution in [0.5, 0.6) is 0 Å². The summed E-state index contributed by atoms with van der Waals surface area (Å²) in [6.45, 7) is 0.569. The SMILES string of the molecule is O=C(O)c1cn(C2CC2)c2c(F)c(N3Cc4cccnc4C3)c(F)cc2c1=O. The Morgan fingerprint density at radius 1 is 1.25 bits per heavy atom. The summed E-state index contributed by atoms with van der Waals surface area (Å²) >= 11 is 0. The Morgan fingerprint density at radius 3 is 2.71 bits per heavy atom. The summed E-state index contributed by atoms with van der Waals surface area (Å²) < 4.78 is 31.9. The number of carbonyl (C=O) groups is 1. The molecule has 6 nitrogen and oxygen atoms in total. The standard InChI is InChI=1S/C20H15F2N3O3/c21-14-6-12-17(25(11-3-4-11)8-13(19(12)26)20(27)28)16(22)18(14)24-7-10-2-1-5-23-15(10)9-24/h1-2,5-6,8,11H,3-4,7,9H2,(H,27,28). The number of hydrogen-bond acceptors (Lipinski definition) is 4. The topological polar surface area (TPSA) is 75.4 Å². The molecule has 2 aliphatic rings. The summed E-state index contributed by atoms with van der Waals surface area (Å²) in [7, 11) is 0. The number of rotatable bonds is 3. The van der Waals surface area contributed by atoms with Gasteiger partial charge in [0.15, 0.2) is 5.82 Å². The zero-order chi connectivity index (χ0) is 19.6. The number of pyridine rings is 2. The van der Waals surface area contributed by atoms with Crippen LogP contribution in [0.15, 0.2) is 35.4 Å². The Balaban J connectivity index is 1.75. The van der Waals surface area contributed by atoms with Gasteiger partial charge < -0.3 is 14.6 Å². The molecule has 142 valence electrons. The number of fused-ring (bicyclic) bond motifs is 2. The van der Waals surface area contributed by atoms with Crippen LogP contribution in [0.2, 0.25) is 0 Å². The number of nitrogens with zero attached hydrogens (tertiary/aromatic N) is 3. The minimum absolute atomic E-state index is 0.0437. The molecule has 2 aromatic heterocycles. The molecule has 0 amide bonds. The third kappa shape index (κ3) is 2.41. The van der Waals surface area contributed by atoms with Crippen molar-refractivity contribution in [2.45, 2.75) is 32.0 Å². The van der Waals surface area contributed by atoms with Gasteiger partial charge in [-0.05, 0) is 30.5 Å². The van der Waals surface area contributed by atoms with Crippen molar-refractivity contribution >= 4 is 22.6 Å². The van der Waals surface area contributed by atoms with Gasteiger partial charge >= 0.3 is 5.97 Å². The van der Waals surface area contributed by atoms with Crippen molar-refractivity contribution in [1.29, 1.82) is 0 Å². The number of aromatic nitrogens is 2. The Labute approximate surface area is 157 Å². The van der Waals surface area contributed by atoms with E-state index in [0.29, 0.717) is 6.54 Å². The van der Waals surface area contributed by atoms with Crippen molar-refractivity contribution in [2.75, 3.05) is 4.90 Å². The molecule has 5 rings (SSSR count). The summed E-state index contributed by atoms with van der Waals surface area (Å²) in [6, 6.07) is 4.50. The maximum absolute atomic E-state index is 15.6. The number of aromatic carboxylic acids is 1. The van der Waals surface area contributed by atoms with E-state index in [9.17, 15) is 19.1 Å². The first-order chi connectivity index (χ1) is 13.5. The van der Waals surface area contributed by atoms with Gasteiger partial charge in [0.1, 0.15) is 17.1 Å². The summed E-state index contributed by atoms with van der Waals surface area (Å²) in [4.78, 5) is 29.7. The van der Waals surface area contributed by atoms with Crippen molar-refractivity contribution in [3.63, 3.8) is 0 Å². The van der Waals surface area contributed by atoms with Gasteiger partial charge in [-0.15, -0.1) is 0 Å². The molecule has 0 spiro atoms. The van der Waals surface area contributed by atoms with E-state index in [4.69, 9.17) is 0 Å². The second-order valence-corrected chi connectivity index (χ2v) is 7.20. The van der Waals surface area contributed by atoms with Crippen LogP contribution in [-0.2, 0) is 13.1 Å². The van der Waals surface area contributed by atoms with E-state index in [-0.39, 0.29) is 29.2 Å². The van der Waals surface area contributed by atoms with Gasteiger partial charge in [-0.1, -0.05) is 6.07 Å². The molecular weight excluding hydrogens is 368 g/mol. The van der Waals surface area contributed by atoms with Crippen LogP contribution in [-0.4, -0.2) is 20.6 Å². The number of carboxylic acid groups (broad SMARTS) is 1. The van der Waals surface area contributed by atoms with E-state index in [2.05, 4.69) is 4.98 Å². The van der Waals surface area contributed by atoms with Gasteiger partial charge in [0.2, 0.25) is 5.43 Å². The average molecular weight is 383 g/mol. The van der Waals surface area contributed by atoms with Crippen LogP contribution in [0, 0.1) is 11.6 Å². The molecule has 1 aromatic carbocycles. The van der Waals surface area contributed by atoms with E-state index in [1.54, 1.807) is 17.2 Å². The third-order valence-corrected chi connectivity index (χ3v) is 5.36. The minimum Gasteiger partial charge on any atom is -0.477 e. The molecule has 0 radical (unpaired) electrons. The Bertz CT molecular complexity index is 1190. The predicted molar refractivity (Wildman–Crippen MR) is 97.5 cm³/mol. The second kappa shape index (κ2) is 5.85. The van der Waals surface area contributed by atoms with E-state index in [1.165, 1.54) is 10.8 Å². The molecule has 1 aliphatic heterocycles. The maximum Gasteiger partial charge on any atom is 0.341 e. The van der Waals surface area contributed by atoms with E-state index in [0.717, 1.165) is 30.2 Å². The molecule has 0 unspecified atom stereocenters. The van der Waals surface area contributed by atoms with Crippen molar-refractivity contribution in [1.82, 2.24) is 9.55 Å². The molecule has 1 saturated carbocycles. The largest absolute Gasteiger partial charge is 0.477 e. The molecular formula is C20H15F2N3O3. The lowest BCUT2D eigenvalue weighted by atomic mass is 10.1. The Morgan fingerprint density at radius 2 is 2.04 bits per heavy atom. The van der Waals surface area contributed by atoms with E-state index < -0.39 is 28.6 Å². The number of benzene rings is 1. The first kappa shape index (κ1) is 16.9. The number of carboxylic acids is 1. The monoisotopic (exact) mass is 383 g/mol. The third-order valence-electron chi connectivity index (χ3n) is 5.36. The summed E-state index contributed by atoms with van der Waals surface area (Å²) in [5.41, 5.74) is 0.0171. The molecule has 3 heterocycles. The van der Waals surface area contributed by atoms with Crippen LogP contribution < -0.4 is 10.3 Å². The zero-order valence-corrected chi connectivity index (χ0v) is 14.7. The van der Waals surface area contributed by atoms with Crippen LogP contribution in [0.3, 0.4) is 0 Å². The lowest BCUT2D eigenvalue weighted by molar-refractivity contribution is 0.0695. The molecule has 8 heteroatoms. The fourth-order valence-corrected chi connectivity index (χ4v) is 3.87. The summed E-state index contributed by atoms with van der Waals surface area (Å²) in [5, 5.41) is 9.05. The maximum atomic E-state index is 15.6. The van der Waals surface area contributed by atoms with E-state index in [1.807, 2.05) is 6.07 Å². The van der Waals surface area contributed by atoms with Gasteiger partial charge in [0.25, 0.3) is 0 Å². The number of anilines is 1. The van der Waals surface area contributed by atoms with Gasteiger partial charge in [-0.2, -0.15) is 0 Å². The first-order valence-corrected chi connectivity index (χ1v) is 8.93. The highest BCUT2D eigenvalue weighted by Gasteiger charge is 2.32. The predicted octanol–water partition coefficient (Wildman–Crippen LogP) is 3.23. The molecule has 1 aliphatic carbocycles. The first-order valence-electron chi connectivity index (χ1n) is 8.93. The molecule has 0 atom stereocenters. The minimum atomic E-state index is -1.41. The average Bonchev–Trinajstić information content (AvgIpc) is 3.41. The molecule has 1 fully saturated rings. The lowest BCUT2D eigenvalue weighted by Crippen LogP contribution is -2.23. The summed E-state index contributed by atoms with van der Waals surface area (Å²) in [6.07, 6.45) is 4.31. The highest BCUT2D eigenvalue weighted by Crippen LogP contribution is 2.40. The van der Waals surface area contributed by atoms with E-state index >= 15 is 4.39 Å². The second-order valence-electron chi connectivity index (χ2n) is 7.20. The lowest BCUT2D eigenvalue weighted by Gasteiger charge is -2.21. The fourth-order valence-electron chi connectivity index (χ4n) is 3.87. The number of hydrogen-bond donors (Lipinski definition) is 1. The quantitative estimate of drug-likeness (QED) is 0.752. The van der Waals surface area contributed by atoms with Gasteiger partial charge in [-0.25, -0.2) is 13.6 Å². The smallest absolute Gasteiger partial charge is 0.341 e. The Hall–Kier alpha value is -3.29. The van der Waals surface area contributed by atoms with Crippen molar-refractivity contribution in [2.24, 2.45) is 0 Å². The van der Waals surface area contributed by atoms with Crippen molar-refractivity contribution < 1.29 is 18.7 Å². The molecule has 3 aromatic rings. The zero-order valence-electron chi connectivity index (χ0n) is 14.7. The molecule has 28 heavy (non-hydrogen) atoms. The highest BCUT2D eigenvalue weighted by atomic mass is 19.1. The Kier molecular flexibility index (Phi) is 3.52. The van der Waals surface area contributed by atoms with Gasteiger partial charge in [0, 0.05) is 25.0 Å².